The summed E-state index contributed by atoms with van der Waals surface area (Å²) in [7, 11) is 0. The van der Waals surface area contributed by atoms with E-state index in [9.17, 15) is 9.90 Å². The van der Waals surface area contributed by atoms with Crippen molar-refractivity contribution in [3.63, 3.8) is 0 Å². The van der Waals surface area contributed by atoms with Gasteiger partial charge in [-0.25, -0.2) is 5.10 Å². The number of hydrogen-bond acceptors (Lipinski definition) is 3. The minimum Gasteiger partial charge on any atom is -0.508 e. The predicted octanol–water partition coefficient (Wildman–Crippen LogP) is 2.78. The molecule has 5 heteroatoms. The molecule has 0 amide bonds. The molecular weight excluding hydrogens is 266 g/mol. The Morgan fingerprint density at radius 2 is 1.76 bits per heavy atom. The van der Waals surface area contributed by atoms with E-state index in [0.717, 1.165) is 21.9 Å². The van der Waals surface area contributed by atoms with Gasteiger partial charge in [0.15, 0.2) is 0 Å². The van der Waals surface area contributed by atoms with Crippen molar-refractivity contribution in [3.05, 3.63) is 58.9 Å². The number of para-hydroxylation sites is 1. The Labute approximate surface area is 118 Å². The fraction of sp³-hybridized carbons (Fsp3) is 0. The number of benzene rings is 2. The monoisotopic (exact) mass is 277 g/mol. The summed E-state index contributed by atoms with van der Waals surface area (Å²) < 4.78 is 0. The Balaban J connectivity index is 2.16. The summed E-state index contributed by atoms with van der Waals surface area (Å²) in [6.45, 7) is 0. The summed E-state index contributed by atoms with van der Waals surface area (Å²) in [6.07, 6.45) is 0. The second-order valence-corrected chi connectivity index (χ2v) is 4.87. The summed E-state index contributed by atoms with van der Waals surface area (Å²) in [4.78, 5) is 15.1. The number of aromatic nitrogens is 3. The highest BCUT2D eigenvalue weighted by molar-refractivity contribution is 6.12. The Hall–Kier alpha value is -3.08. The van der Waals surface area contributed by atoms with Crippen molar-refractivity contribution >= 4 is 21.8 Å². The van der Waals surface area contributed by atoms with Crippen molar-refractivity contribution in [2.45, 2.75) is 0 Å². The van der Waals surface area contributed by atoms with Gasteiger partial charge in [-0.15, -0.1) is 0 Å². The van der Waals surface area contributed by atoms with Gasteiger partial charge in [-0.1, -0.05) is 18.2 Å². The number of aromatic amines is 2. The summed E-state index contributed by atoms with van der Waals surface area (Å²) >= 11 is 0. The average molecular weight is 277 g/mol. The van der Waals surface area contributed by atoms with E-state index < -0.39 is 0 Å². The van der Waals surface area contributed by atoms with Crippen molar-refractivity contribution in [1.82, 2.24) is 15.2 Å². The normalized spacial score (nSPS) is 11.2. The molecule has 4 aromatic rings. The van der Waals surface area contributed by atoms with E-state index in [1.54, 1.807) is 24.3 Å². The van der Waals surface area contributed by atoms with Crippen LogP contribution in [0.3, 0.4) is 0 Å². The van der Waals surface area contributed by atoms with Crippen LogP contribution in [0, 0.1) is 0 Å². The van der Waals surface area contributed by atoms with E-state index in [1.165, 1.54) is 0 Å². The van der Waals surface area contributed by atoms with E-state index in [2.05, 4.69) is 15.2 Å². The number of hydrogen-bond donors (Lipinski definition) is 3. The summed E-state index contributed by atoms with van der Waals surface area (Å²) in [6, 6.07) is 14.5. The highest BCUT2D eigenvalue weighted by Gasteiger charge is 2.14. The third-order valence-electron chi connectivity index (χ3n) is 3.58. The lowest BCUT2D eigenvalue weighted by atomic mass is 10.1. The molecule has 0 unspecified atom stereocenters. The molecule has 0 saturated heterocycles. The summed E-state index contributed by atoms with van der Waals surface area (Å²) in [5.74, 6) is 0.193. The van der Waals surface area contributed by atoms with Crippen LogP contribution >= 0.6 is 0 Å². The standard InChI is InChI=1S/C16H11N3O2/c20-10-7-5-9(6-8-10)14-13-11-3-1-2-4-12(11)17-15(13)16(21)19-18-14/h1-8,17,20H,(H,19,21). The molecule has 0 spiro atoms. The Morgan fingerprint density at radius 1 is 1.00 bits per heavy atom. The van der Waals surface area contributed by atoms with Crippen molar-refractivity contribution in [2.75, 3.05) is 0 Å². The van der Waals surface area contributed by atoms with Gasteiger partial charge in [0.05, 0.1) is 0 Å². The zero-order chi connectivity index (χ0) is 14.4. The molecule has 4 rings (SSSR count). The molecule has 2 heterocycles. The lowest BCUT2D eigenvalue weighted by molar-refractivity contribution is 0.475. The van der Waals surface area contributed by atoms with Gasteiger partial charge in [0.25, 0.3) is 5.56 Å². The number of nitrogens with one attached hydrogen (secondary N) is 2. The van der Waals surface area contributed by atoms with Crippen molar-refractivity contribution in [2.24, 2.45) is 0 Å². The van der Waals surface area contributed by atoms with Gasteiger partial charge >= 0.3 is 0 Å². The van der Waals surface area contributed by atoms with Gasteiger partial charge < -0.3 is 10.1 Å². The number of phenolic OH excluding ortho intramolecular Hbond substituents is 1. The van der Waals surface area contributed by atoms with Crippen LogP contribution in [0.4, 0.5) is 0 Å². The molecule has 0 atom stereocenters. The molecule has 3 N–H and O–H groups in total. The van der Waals surface area contributed by atoms with Crippen LogP contribution < -0.4 is 5.56 Å². The van der Waals surface area contributed by atoms with E-state index >= 15 is 0 Å². The third-order valence-corrected chi connectivity index (χ3v) is 3.58. The van der Waals surface area contributed by atoms with E-state index in [-0.39, 0.29) is 11.3 Å². The first kappa shape index (κ1) is 11.7. The van der Waals surface area contributed by atoms with Crippen LogP contribution in [0.2, 0.25) is 0 Å². The van der Waals surface area contributed by atoms with Gasteiger partial charge in [-0.2, -0.15) is 5.10 Å². The third kappa shape index (κ3) is 1.71. The first-order valence-electron chi connectivity index (χ1n) is 6.52. The first-order valence-corrected chi connectivity index (χ1v) is 6.52. The quantitative estimate of drug-likeness (QED) is 0.500. The zero-order valence-corrected chi connectivity index (χ0v) is 10.9. The molecule has 5 nitrogen and oxygen atoms in total. The van der Waals surface area contributed by atoms with Crippen LogP contribution in [-0.4, -0.2) is 20.3 Å². The van der Waals surface area contributed by atoms with Gasteiger partial charge in [-0.3, -0.25) is 4.79 Å². The Kier molecular flexibility index (Phi) is 2.35. The Bertz CT molecular complexity index is 1010. The van der Waals surface area contributed by atoms with Gasteiger partial charge in [0.1, 0.15) is 17.0 Å². The maximum Gasteiger partial charge on any atom is 0.288 e. The molecule has 0 aliphatic heterocycles. The highest BCUT2D eigenvalue weighted by atomic mass is 16.3. The maximum absolute atomic E-state index is 12.0. The average Bonchev–Trinajstić information content (AvgIpc) is 2.90. The second kappa shape index (κ2) is 4.21. The summed E-state index contributed by atoms with van der Waals surface area (Å²) in [5.41, 5.74) is 2.67. The molecule has 2 aromatic heterocycles. The van der Waals surface area contributed by atoms with Gasteiger partial charge in [0, 0.05) is 21.9 Å². The van der Waals surface area contributed by atoms with Gasteiger partial charge in [0.2, 0.25) is 0 Å². The van der Waals surface area contributed by atoms with E-state index in [4.69, 9.17) is 0 Å². The zero-order valence-electron chi connectivity index (χ0n) is 10.9. The first-order chi connectivity index (χ1) is 10.2. The SMILES string of the molecule is O=c1[nH]nc(-c2ccc(O)cc2)c2c1[nH]c1ccccc12. The smallest absolute Gasteiger partial charge is 0.288 e. The molecule has 2 aromatic carbocycles. The lowest BCUT2D eigenvalue weighted by Crippen LogP contribution is -2.09. The molecule has 102 valence electrons. The minimum absolute atomic E-state index is 0.193. The maximum atomic E-state index is 12.0. The van der Waals surface area contributed by atoms with Crippen molar-refractivity contribution < 1.29 is 5.11 Å². The Morgan fingerprint density at radius 3 is 2.57 bits per heavy atom. The van der Waals surface area contributed by atoms with Crippen LogP contribution in [-0.2, 0) is 0 Å². The lowest BCUT2D eigenvalue weighted by Gasteiger charge is -2.03. The molecular formula is C16H11N3O2. The molecule has 0 fully saturated rings. The highest BCUT2D eigenvalue weighted by Crippen LogP contribution is 2.31. The number of rotatable bonds is 1. The van der Waals surface area contributed by atoms with Gasteiger partial charge in [-0.05, 0) is 30.3 Å². The van der Waals surface area contributed by atoms with Crippen LogP contribution in [0.15, 0.2) is 53.3 Å². The van der Waals surface area contributed by atoms with Crippen LogP contribution in [0.25, 0.3) is 33.1 Å². The molecule has 0 radical (unpaired) electrons. The van der Waals surface area contributed by atoms with E-state index in [0.29, 0.717) is 11.2 Å². The van der Waals surface area contributed by atoms with E-state index in [1.807, 2.05) is 24.3 Å². The largest absolute Gasteiger partial charge is 0.508 e. The number of nitrogens with zero attached hydrogens (tertiary/aromatic N) is 1. The van der Waals surface area contributed by atoms with Crippen molar-refractivity contribution in [1.29, 1.82) is 0 Å². The topological polar surface area (TPSA) is 81.8 Å². The number of H-pyrrole nitrogens is 2. The van der Waals surface area contributed by atoms with Crippen LogP contribution in [0.1, 0.15) is 0 Å². The minimum atomic E-state index is -0.247. The fourth-order valence-electron chi connectivity index (χ4n) is 2.60. The molecule has 0 saturated carbocycles. The number of phenols is 1. The predicted molar refractivity (Wildman–Crippen MR) is 81.3 cm³/mol. The number of aromatic hydroxyl groups is 1. The fourth-order valence-corrected chi connectivity index (χ4v) is 2.60. The molecule has 0 bridgehead atoms. The summed E-state index contributed by atoms with van der Waals surface area (Å²) in [5, 5.41) is 17.9. The van der Waals surface area contributed by atoms with Crippen molar-refractivity contribution in [3.8, 4) is 17.0 Å². The molecule has 0 aliphatic rings. The second-order valence-electron chi connectivity index (χ2n) is 4.87. The molecule has 0 aliphatic carbocycles. The number of fused-ring (bicyclic) bond motifs is 3. The molecule has 21 heavy (non-hydrogen) atoms. The van der Waals surface area contributed by atoms with Crippen LogP contribution in [0.5, 0.6) is 5.75 Å².